The number of nitrogens with zero attached hydrogens (tertiary/aromatic N) is 5. The Kier molecular flexibility index (Phi) is 5.11. The maximum absolute atomic E-state index is 13.1. The zero-order valence-corrected chi connectivity index (χ0v) is 17.0. The minimum Gasteiger partial charge on any atom is -0.338 e. The summed E-state index contributed by atoms with van der Waals surface area (Å²) in [5.74, 6) is -0.0275. The summed E-state index contributed by atoms with van der Waals surface area (Å²) >= 11 is 0. The molecule has 30 heavy (non-hydrogen) atoms. The lowest BCUT2D eigenvalue weighted by Gasteiger charge is -2.35. The molecule has 2 aromatic rings. The Morgan fingerprint density at radius 1 is 1.07 bits per heavy atom. The zero-order chi connectivity index (χ0) is 21.3. The molecule has 0 radical (unpaired) electrons. The highest BCUT2D eigenvalue weighted by molar-refractivity contribution is 6.09. The van der Waals surface area contributed by atoms with Crippen molar-refractivity contribution < 1.29 is 14.4 Å². The van der Waals surface area contributed by atoms with Gasteiger partial charge in [-0.2, -0.15) is 0 Å². The summed E-state index contributed by atoms with van der Waals surface area (Å²) in [6.07, 6.45) is 3.37. The van der Waals surface area contributed by atoms with Crippen LogP contribution in [0.2, 0.25) is 0 Å². The van der Waals surface area contributed by atoms with E-state index in [2.05, 4.69) is 15.3 Å². The Morgan fingerprint density at radius 3 is 2.40 bits per heavy atom. The first kappa shape index (κ1) is 19.8. The van der Waals surface area contributed by atoms with Crippen LogP contribution in [0, 0.1) is 6.92 Å². The van der Waals surface area contributed by atoms with E-state index in [0.717, 1.165) is 16.0 Å². The molecule has 1 N–H and O–H groups in total. The van der Waals surface area contributed by atoms with Crippen LogP contribution in [0.25, 0.3) is 0 Å². The van der Waals surface area contributed by atoms with Crippen LogP contribution >= 0.6 is 0 Å². The molecule has 1 atom stereocenters. The zero-order valence-electron chi connectivity index (χ0n) is 17.0. The first-order valence-electron chi connectivity index (χ1n) is 9.90. The van der Waals surface area contributed by atoms with Crippen molar-refractivity contribution in [1.82, 2.24) is 25.1 Å². The van der Waals surface area contributed by atoms with Crippen LogP contribution < -0.4 is 10.2 Å². The van der Waals surface area contributed by atoms with Crippen LogP contribution in [-0.2, 0) is 15.1 Å². The number of carbonyl (C=O) groups excluding carboxylic acids is 3. The topological polar surface area (TPSA) is 98.7 Å². The van der Waals surface area contributed by atoms with Crippen LogP contribution in [0.5, 0.6) is 0 Å². The molecule has 156 valence electrons. The number of hydrogen-bond donors (Lipinski definition) is 1. The quantitative estimate of drug-likeness (QED) is 0.755. The maximum atomic E-state index is 13.1. The second-order valence-corrected chi connectivity index (χ2v) is 7.68. The average molecular weight is 408 g/mol. The number of amides is 4. The Balaban J connectivity index is 1.41. The number of hydrogen-bond acceptors (Lipinski definition) is 6. The van der Waals surface area contributed by atoms with Crippen molar-refractivity contribution in [3.63, 3.8) is 0 Å². The van der Waals surface area contributed by atoms with Crippen molar-refractivity contribution >= 4 is 23.8 Å². The smallest absolute Gasteiger partial charge is 0.325 e. The van der Waals surface area contributed by atoms with Gasteiger partial charge in [-0.3, -0.25) is 14.5 Å². The Hall–Kier alpha value is -3.49. The molecule has 9 heteroatoms. The number of nitrogens with one attached hydrogen (secondary N) is 1. The van der Waals surface area contributed by atoms with Gasteiger partial charge in [0.15, 0.2) is 0 Å². The molecular weight excluding hydrogens is 384 g/mol. The molecule has 2 aliphatic heterocycles. The minimum absolute atomic E-state index is 0.249. The number of rotatable bonds is 4. The Morgan fingerprint density at radius 2 is 1.73 bits per heavy atom. The summed E-state index contributed by atoms with van der Waals surface area (Å²) in [7, 11) is 0. The van der Waals surface area contributed by atoms with Gasteiger partial charge in [-0.25, -0.2) is 14.8 Å². The number of aromatic nitrogens is 2. The summed E-state index contributed by atoms with van der Waals surface area (Å²) < 4.78 is 0. The third-order valence-corrected chi connectivity index (χ3v) is 5.72. The van der Waals surface area contributed by atoms with Crippen molar-refractivity contribution in [3.8, 4) is 0 Å². The molecule has 4 amide bonds. The van der Waals surface area contributed by atoms with Crippen molar-refractivity contribution in [2.75, 3.05) is 37.6 Å². The summed E-state index contributed by atoms with van der Waals surface area (Å²) in [6.45, 7) is 5.45. The van der Waals surface area contributed by atoms with E-state index in [4.69, 9.17) is 0 Å². The fourth-order valence-electron chi connectivity index (χ4n) is 4.00. The molecule has 2 saturated heterocycles. The van der Waals surface area contributed by atoms with E-state index in [1.165, 1.54) is 0 Å². The molecular formula is C21H24N6O3. The molecule has 0 aliphatic carbocycles. The van der Waals surface area contributed by atoms with Crippen molar-refractivity contribution in [2.24, 2.45) is 0 Å². The SMILES string of the molecule is Cc1ccccc1C1(C)NC(=O)N(CC(=O)N2CCN(c3ncccn3)CC2)C1=O. The first-order valence-corrected chi connectivity index (χ1v) is 9.90. The molecule has 2 aliphatic rings. The molecule has 9 nitrogen and oxygen atoms in total. The third-order valence-electron chi connectivity index (χ3n) is 5.72. The predicted octanol–water partition coefficient (Wildman–Crippen LogP) is 0.901. The van der Waals surface area contributed by atoms with Crippen LogP contribution in [0.4, 0.5) is 10.7 Å². The molecule has 1 aromatic heterocycles. The molecule has 0 spiro atoms. The average Bonchev–Trinajstić information content (AvgIpc) is 2.98. The van der Waals surface area contributed by atoms with Crippen molar-refractivity contribution in [3.05, 3.63) is 53.9 Å². The number of benzene rings is 1. The maximum Gasteiger partial charge on any atom is 0.325 e. The Labute approximate surface area is 174 Å². The Bertz CT molecular complexity index is 974. The van der Waals surface area contributed by atoms with E-state index >= 15 is 0 Å². The third kappa shape index (κ3) is 3.47. The molecule has 4 rings (SSSR count). The van der Waals surface area contributed by atoms with Crippen LogP contribution in [0.3, 0.4) is 0 Å². The fraction of sp³-hybridized carbons (Fsp3) is 0.381. The number of aryl methyl sites for hydroxylation is 1. The van der Waals surface area contributed by atoms with Gasteiger partial charge in [0.05, 0.1) is 0 Å². The summed E-state index contributed by atoms with van der Waals surface area (Å²) in [5, 5.41) is 2.77. The second kappa shape index (κ2) is 7.74. The van der Waals surface area contributed by atoms with Gasteiger partial charge in [0.2, 0.25) is 11.9 Å². The lowest BCUT2D eigenvalue weighted by molar-refractivity contribution is -0.139. The van der Waals surface area contributed by atoms with Gasteiger partial charge >= 0.3 is 6.03 Å². The number of piperazine rings is 1. The van der Waals surface area contributed by atoms with Crippen LogP contribution in [-0.4, -0.2) is 70.3 Å². The molecule has 2 fully saturated rings. The lowest BCUT2D eigenvalue weighted by atomic mass is 9.88. The number of anilines is 1. The van der Waals surface area contributed by atoms with Gasteiger partial charge in [0.1, 0.15) is 12.1 Å². The van der Waals surface area contributed by atoms with E-state index in [-0.39, 0.29) is 12.5 Å². The number of urea groups is 1. The highest BCUT2D eigenvalue weighted by Crippen LogP contribution is 2.30. The monoisotopic (exact) mass is 408 g/mol. The van der Waals surface area contributed by atoms with E-state index in [1.807, 2.05) is 36.1 Å². The number of imide groups is 1. The summed E-state index contributed by atoms with van der Waals surface area (Å²) in [6, 6.07) is 8.64. The van der Waals surface area contributed by atoms with Crippen LogP contribution in [0.15, 0.2) is 42.7 Å². The van der Waals surface area contributed by atoms with E-state index in [0.29, 0.717) is 32.1 Å². The van der Waals surface area contributed by atoms with Crippen LogP contribution in [0.1, 0.15) is 18.1 Å². The molecule has 0 saturated carbocycles. The predicted molar refractivity (Wildman–Crippen MR) is 110 cm³/mol. The lowest BCUT2D eigenvalue weighted by Crippen LogP contribution is -2.52. The molecule has 1 aromatic carbocycles. The van der Waals surface area contributed by atoms with Gasteiger partial charge < -0.3 is 15.1 Å². The standard InChI is InChI=1S/C21H24N6O3/c1-15-6-3-4-7-16(15)21(2)18(29)27(20(30)24-21)14-17(28)25-10-12-26(13-11-25)19-22-8-5-9-23-19/h3-9H,10-14H2,1-2H3,(H,24,30). The largest absolute Gasteiger partial charge is 0.338 e. The van der Waals surface area contributed by atoms with E-state index in [1.54, 1.807) is 30.3 Å². The van der Waals surface area contributed by atoms with Gasteiger partial charge in [0, 0.05) is 38.6 Å². The fourth-order valence-corrected chi connectivity index (χ4v) is 4.00. The molecule has 1 unspecified atom stereocenters. The highest BCUT2D eigenvalue weighted by Gasteiger charge is 2.50. The van der Waals surface area contributed by atoms with Gasteiger partial charge in [-0.1, -0.05) is 24.3 Å². The first-order chi connectivity index (χ1) is 14.4. The van der Waals surface area contributed by atoms with Gasteiger partial charge in [0.25, 0.3) is 5.91 Å². The van der Waals surface area contributed by atoms with Crippen molar-refractivity contribution in [1.29, 1.82) is 0 Å². The van der Waals surface area contributed by atoms with E-state index in [9.17, 15) is 14.4 Å². The van der Waals surface area contributed by atoms with Gasteiger partial charge in [-0.15, -0.1) is 0 Å². The van der Waals surface area contributed by atoms with Crippen molar-refractivity contribution in [2.45, 2.75) is 19.4 Å². The highest BCUT2D eigenvalue weighted by atomic mass is 16.2. The van der Waals surface area contributed by atoms with E-state index < -0.39 is 17.5 Å². The minimum atomic E-state index is -1.17. The molecule has 0 bridgehead atoms. The number of carbonyl (C=O) groups is 3. The second-order valence-electron chi connectivity index (χ2n) is 7.68. The molecule has 3 heterocycles. The normalized spacial score (nSPS) is 21.7. The van der Waals surface area contributed by atoms with Gasteiger partial charge in [-0.05, 0) is 31.0 Å². The summed E-state index contributed by atoms with van der Waals surface area (Å²) in [5.41, 5.74) is 0.460. The summed E-state index contributed by atoms with van der Waals surface area (Å²) in [4.78, 5) is 51.6.